The molecule has 0 fully saturated rings. The van der Waals surface area contributed by atoms with E-state index >= 15 is 0 Å². The Morgan fingerprint density at radius 1 is 1.15 bits per heavy atom. The van der Waals surface area contributed by atoms with Gasteiger partial charge < -0.3 is 10.1 Å². The Morgan fingerprint density at radius 2 is 1.93 bits per heavy atom. The minimum atomic E-state index is -0.574. The average Bonchev–Trinajstić information content (AvgIpc) is 3.09. The molecule has 0 radical (unpaired) electrons. The summed E-state index contributed by atoms with van der Waals surface area (Å²) in [4.78, 5) is 11.9. The smallest absolute Gasteiger partial charge is 0.325 e. The zero-order chi connectivity index (χ0) is 19.1. The molecule has 0 aliphatic heterocycles. The van der Waals surface area contributed by atoms with Gasteiger partial charge in [-0.2, -0.15) is 0 Å². The lowest BCUT2D eigenvalue weighted by molar-refractivity contribution is 0.262. The molecular weight excluding hydrogens is 387 g/mol. The number of halogens is 1. The Bertz CT molecular complexity index is 902. The third-order valence-corrected chi connectivity index (χ3v) is 5.28. The number of rotatable bonds is 7. The average molecular weight is 404 g/mol. The zero-order valence-electron chi connectivity index (χ0n) is 14.4. The number of anilines is 2. The summed E-state index contributed by atoms with van der Waals surface area (Å²) in [6.07, 6.45) is 0. The fourth-order valence-electron chi connectivity index (χ4n) is 2.05. The molecule has 0 saturated carbocycles. The summed E-state index contributed by atoms with van der Waals surface area (Å²) in [6, 6.07) is 13.2. The van der Waals surface area contributed by atoms with Crippen LogP contribution in [-0.2, 0) is 0 Å². The summed E-state index contributed by atoms with van der Waals surface area (Å²) in [5.41, 5.74) is 1.28. The largest absolute Gasteiger partial charge is 0.493 e. The molecule has 2 amide bonds. The number of aromatic nitrogens is 2. The predicted molar refractivity (Wildman–Crippen MR) is 106 cm³/mol. The van der Waals surface area contributed by atoms with Crippen molar-refractivity contribution in [2.24, 2.45) is 0 Å². The molecule has 0 saturated heterocycles. The van der Waals surface area contributed by atoms with Crippen molar-refractivity contribution in [3.8, 4) is 5.75 Å². The number of nitrogens with zero attached hydrogens (tertiary/aromatic N) is 2. The quantitative estimate of drug-likeness (QED) is 0.336. The van der Waals surface area contributed by atoms with Crippen LogP contribution in [0.1, 0.15) is 5.56 Å². The molecule has 0 spiro atoms. The van der Waals surface area contributed by atoms with Crippen molar-refractivity contribution in [2.75, 3.05) is 23.0 Å². The number of amides is 2. The second-order valence-electron chi connectivity index (χ2n) is 5.44. The van der Waals surface area contributed by atoms with E-state index in [2.05, 4.69) is 20.8 Å². The van der Waals surface area contributed by atoms with Crippen LogP contribution in [0.3, 0.4) is 0 Å². The van der Waals surface area contributed by atoms with Crippen molar-refractivity contribution in [2.45, 2.75) is 11.3 Å². The molecule has 0 aliphatic rings. The van der Waals surface area contributed by atoms with E-state index in [-0.39, 0.29) is 5.69 Å². The van der Waals surface area contributed by atoms with Gasteiger partial charge >= 0.3 is 6.03 Å². The Balaban J connectivity index is 1.42. The molecule has 3 rings (SSSR count). The molecule has 0 unspecified atom stereocenters. The van der Waals surface area contributed by atoms with E-state index in [1.807, 2.05) is 31.2 Å². The van der Waals surface area contributed by atoms with E-state index < -0.39 is 11.8 Å². The topological polar surface area (TPSA) is 76.1 Å². The lowest BCUT2D eigenvalue weighted by Gasteiger charge is -2.05. The molecule has 3 aromatic rings. The van der Waals surface area contributed by atoms with Crippen molar-refractivity contribution < 1.29 is 13.9 Å². The highest BCUT2D eigenvalue weighted by Crippen LogP contribution is 2.25. The van der Waals surface area contributed by atoms with Crippen LogP contribution in [0, 0.1) is 12.7 Å². The van der Waals surface area contributed by atoms with Crippen LogP contribution in [0.2, 0.25) is 0 Å². The van der Waals surface area contributed by atoms with Gasteiger partial charge in [0.25, 0.3) is 0 Å². The molecule has 1 aromatic heterocycles. The van der Waals surface area contributed by atoms with Gasteiger partial charge in [0, 0.05) is 5.75 Å². The van der Waals surface area contributed by atoms with Crippen LogP contribution < -0.4 is 15.4 Å². The molecule has 140 valence electrons. The molecule has 2 N–H and O–H groups in total. The van der Waals surface area contributed by atoms with E-state index in [1.165, 1.54) is 40.8 Å². The first-order valence-corrected chi connectivity index (χ1v) is 9.88. The van der Waals surface area contributed by atoms with Gasteiger partial charge in [0.1, 0.15) is 11.6 Å². The predicted octanol–water partition coefficient (Wildman–Crippen LogP) is 4.80. The SMILES string of the molecule is Cc1ccc(OCCSc2nnc(NC(=O)Nc3ccccc3F)s2)cc1. The summed E-state index contributed by atoms with van der Waals surface area (Å²) in [5.74, 6) is 1.02. The van der Waals surface area contributed by atoms with Crippen molar-refractivity contribution >= 4 is 39.9 Å². The second kappa shape index (κ2) is 9.33. The Labute approximate surface area is 164 Å². The molecule has 2 aromatic carbocycles. The van der Waals surface area contributed by atoms with Crippen LogP contribution in [0.4, 0.5) is 20.0 Å². The first-order valence-electron chi connectivity index (χ1n) is 8.08. The molecule has 0 bridgehead atoms. The van der Waals surface area contributed by atoms with Crippen LogP contribution in [0.5, 0.6) is 5.75 Å². The number of ether oxygens (including phenoxy) is 1. The summed E-state index contributed by atoms with van der Waals surface area (Å²) in [6.45, 7) is 2.56. The van der Waals surface area contributed by atoms with Gasteiger partial charge in [-0.25, -0.2) is 9.18 Å². The Hall–Kier alpha value is -2.65. The van der Waals surface area contributed by atoms with Gasteiger partial charge in [-0.3, -0.25) is 5.32 Å². The van der Waals surface area contributed by atoms with Gasteiger partial charge in [-0.1, -0.05) is 52.9 Å². The van der Waals surface area contributed by atoms with Gasteiger partial charge in [-0.05, 0) is 31.2 Å². The van der Waals surface area contributed by atoms with E-state index in [1.54, 1.807) is 12.1 Å². The lowest BCUT2D eigenvalue weighted by atomic mass is 10.2. The molecule has 27 heavy (non-hydrogen) atoms. The summed E-state index contributed by atoms with van der Waals surface area (Å²) in [7, 11) is 0. The van der Waals surface area contributed by atoms with Gasteiger partial charge in [0.05, 0.1) is 12.3 Å². The van der Waals surface area contributed by atoms with E-state index in [0.29, 0.717) is 21.8 Å². The lowest BCUT2D eigenvalue weighted by Crippen LogP contribution is -2.19. The third kappa shape index (κ3) is 5.93. The maximum absolute atomic E-state index is 13.5. The van der Waals surface area contributed by atoms with E-state index in [9.17, 15) is 9.18 Å². The molecule has 0 atom stereocenters. The maximum Gasteiger partial charge on any atom is 0.325 e. The summed E-state index contributed by atoms with van der Waals surface area (Å²) in [5, 5.41) is 13.2. The highest BCUT2D eigenvalue weighted by molar-refractivity contribution is 8.01. The van der Waals surface area contributed by atoms with Crippen molar-refractivity contribution in [1.82, 2.24) is 10.2 Å². The van der Waals surface area contributed by atoms with Crippen molar-refractivity contribution in [1.29, 1.82) is 0 Å². The van der Waals surface area contributed by atoms with Crippen LogP contribution in [0.25, 0.3) is 0 Å². The van der Waals surface area contributed by atoms with Gasteiger partial charge in [0.2, 0.25) is 5.13 Å². The number of carbonyl (C=O) groups is 1. The first kappa shape index (κ1) is 19.1. The number of para-hydroxylation sites is 1. The van der Waals surface area contributed by atoms with Crippen LogP contribution in [-0.4, -0.2) is 28.6 Å². The highest BCUT2D eigenvalue weighted by Gasteiger charge is 2.10. The molecule has 6 nitrogen and oxygen atoms in total. The number of thioether (sulfide) groups is 1. The highest BCUT2D eigenvalue weighted by atomic mass is 32.2. The van der Waals surface area contributed by atoms with Crippen molar-refractivity contribution in [3.63, 3.8) is 0 Å². The number of nitrogens with one attached hydrogen (secondary N) is 2. The van der Waals surface area contributed by atoms with Gasteiger partial charge in [-0.15, -0.1) is 10.2 Å². The molecular formula is C18H17FN4O2S2. The monoisotopic (exact) mass is 404 g/mol. The van der Waals surface area contributed by atoms with Crippen LogP contribution >= 0.6 is 23.1 Å². The number of hydrogen-bond acceptors (Lipinski definition) is 6. The van der Waals surface area contributed by atoms with E-state index in [4.69, 9.17) is 4.74 Å². The fraction of sp³-hybridized carbons (Fsp3) is 0.167. The molecule has 1 heterocycles. The van der Waals surface area contributed by atoms with Crippen molar-refractivity contribution in [3.05, 3.63) is 59.9 Å². The number of carbonyl (C=O) groups excluding carboxylic acids is 1. The zero-order valence-corrected chi connectivity index (χ0v) is 16.1. The maximum atomic E-state index is 13.5. The van der Waals surface area contributed by atoms with Gasteiger partial charge in [0.15, 0.2) is 4.34 Å². The second-order valence-corrected chi connectivity index (χ2v) is 7.76. The summed E-state index contributed by atoms with van der Waals surface area (Å²) < 4.78 is 19.9. The number of aryl methyl sites for hydroxylation is 1. The Kier molecular flexibility index (Phi) is 6.61. The first-order chi connectivity index (χ1) is 13.1. The third-order valence-electron chi connectivity index (χ3n) is 3.35. The number of benzene rings is 2. The van der Waals surface area contributed by atoms with E-state index in [0.717, 1.165) is 5.75 Å². The number of hydrogen-bond donors (Lipinski definition) is 2. The Morgan fingerprint density at radius 3 is 2.70 bits per heavy atom. The summed E-state index contributed by atoms with van der Waals surface area (Å²) >= 11 is 2.73. The fourth-order valence-corrected chi connectivity index (χ4v) is 3.69. The minimum absolute atomic E-state index is 0.0994. The van der Waals surface area contributed by atoms with Crippen LogP contribution in [0.15, 0.2) is 52.9 Å². The minimum Gasteiger partial charge on any atom is -0.493 e. The standard InChI is InChI=1S/C18H17FN4O2S2/c1-12-6-8-13(9-7-12)25-10-11-26-18-23-22-17(27-18)21-16(24)20-15-5-3-2-4-14(15)19/h2-9H,10-11H2,1H3,(H2,20,21,22,24). The normalized spacial score (nSPS) is 10.4. The molecule has 0 aliphatic carbocycles. The number of urea groups is 1. The molecule has 9 heteroatoms.